The second-order valence-corrected chi connectivity index (χ2v) is 5.59. The first-order valence-electron chi connectivity index (χ1n) is 5.65. The van der Waals surface area contributed by atoms with Gasteiger partial charge in [-0.1, -0.05) is 40.7 Å². The van der Waals surface area contributed by atoms with Crippen molar-refractivity contribution < 1.29 is 8.78 Å². The Labute approximate surface area is 96.7 Å². The number of hydrogen-bond donors (Lipinski definition) is 0. The Morgan fingerprint density at radius 3 is 1.81 bits per heavy atom. The van der Waals surface area contributed by atoms with Crippen molar-refractivity contribution in [2.45, 2.75) is 52.4 Å². The summed E-state index contributed by atoms with van der Waals surface area (Å²) in [4.78, 5) is 0. The second kappa shape index (κ2) is 4.52. The van der Waals surface area contributed by atoms with Crippen LogP contribution in [0.1, 0.15) is 63.7 Å². The van der Waals surface area contributed by atoms with E-state index >= 15 is 0 Å². The Bertz CT molecular complexity index is 333. The van der Waals surface area contributed by atoms with Crippen molar-refractivity contribution in [3.8, 4) is 0 Å². The molecule has 0 aliphatic carbocycles. The summed E-state index contributed by atoms with van der Waals surface area (Å²) in [5.41, 5.74) is 2.02. The number of hydrogen-bond acceptors (Lipinski definition) is 0. The van der Waals surface area contributed by atoms with E-state index in [9.17, 15) is 8.78 Å². The van der Waals surface area contributed by atoms with Gasteiger partial charge in [0.05, 0.1) is 0 Å². The molecular formula is C14H20F2. The van der Waals surface area contributed by atoms with E-state index in [0.717, 1.165) is 11.1 Å². The van der Waals surface area contributed by atoms with Gasteiger partial charge >= 0.3 is 0 Å². The highest BCUT2D eigenvalue weighted by atomic mass is 19.3. The molecule has 0 saturated carbocycles. The molecule has 0 fully saturated rings. The van der Waals surface area contributed by atoms with Crippen LogP contribution in [0.5, 0.6) is 0 Å². The van der Waals surface area contributed by atoms with Crippen LogP contribution < -0.4 is 0 Å². The molecule has 2 heteroatoms. The number of alkyl halides is 2. The van der Waals surface area contributed by atoms with Gasteiger partial charge in [-0.05, 0) is 34.6 Å². The Balaban J connectivity index is 3.30. The van der Waals surface area contributed by atoms with Gasteiger partial charge in [-0.25, -0.2) is 8.78 Å². The third-order valence-electron chi connectivity index (χ3n) is 2.76. The van der Waals surface area contributed by atoms with Crippen LogP contribution in [0, 0.1) is 0 Å². The molecule has 0 heterocycles. The highest BCUT2D eigenvalue weighted by Gasteiger charge is 2.18. The lowest BCUT2D eigenvalue weighted by atomic mass is 9.83. The second-order valence-electron chi connectivity index (χ2n) is 5.59. The maximum atomic E-state index is 12.8. The zero-order chi connectivity index (χ0) is 12.5. The first-order chi connectivity index (χ1) is 7.21. The third kappa shape index (κ3) is 3.03. The van der Waals surface area contributed by atoms with Gasteiger partial charge in [0.25, 0.3) is 6.43 Å². The van der Waals surface area contributed by atoms with E-state index in [-0.39, 0.29) is 16.9 Å². The van der Waals surface area contributed by atoms with Crippen LogP contribution in [0.15, 0.2) is 18.2 Å². The molecule has 1 rings (SSSR count). The van der Waals surface area contributed by atoms with E-state index in [4.69, 9.17) is 0 Å². The van der Waals surface area contributed by atoms with E-state index in [1.807, 2.05) is 40.7 Å². The molecule has 0 atom stereocenters. The van der Waals surface area contributed by atoms with Crippen molar-refractivity contribution in [2.75, 3.05) is 0 Å². The molecule has 0 amide bonds. The third-order valence-corrected chi connectivity index (χ3v) is 2.76. The van der Waals surface area contributed by atoms with Crippen molar-refractivity contribution in [1.82, 2.24) is 0 Å². The summed E-state index contributed by atoms with van der Waals surface area (Å²) in [6, 6.07) is 5.28. The van der Waals surface area contributed by atoms with Crippen LogP contribution in [0.2, 0.25) is 0 Å². The molecule has 0 aromatic heterocycles. The summed E-state index contributed by atoms with van der Waals surface area (Å²) in [7, 11) is 0. The van der Waals surface area contributed by atoms with Gasteiger partial charge in [0, 0.05) is 5.56 Å². The average molecular weight is 226 g/mol. The minimum Gasteiger partial charge on any atom is -0.205 e. The monoisotopic (exact) mass is 226 g/mol. The van der Waals surface area contributed by atoms with Crippen LogP contribution in [0.4, 0.5) is 8.78 Å². The number of halogens is 2. The topological polar surface area (TPSA) is 0 Å². The van der Waals surface area contributed by atoms with Gasteiger partial charge in [-0.15, -0.1) is 0 Å². The predicted octanol–water partition coefficient (Wildman–Crippen LogP) is 5.05. The lowest BCUT2D eigenvalue weighted by Gasteiger charge is -2.22. The van der Waals surface area contributed by atoms with E-state index in [1.165, 1.54) is 0 Å². The van der Waals surface area contributed by atoms with Crippen LogP contribution in [-0.4, -0.2) is 0 Å². The summed E-state index contributed by atoms with van der Waals surface area (Å²) in [5.74, 6) is 0.278. The highest BCUT2D eigenvalue weighted by molar-refractivity contribution is 5.36. The molecule has 0 spiro atoms. The predicted molar refractivity (Wildman–Crippen MR) is 64.2 cm³/mol. The van der Waals surface area contributed by atoms with Gasteiger partial charge in [0.2, 0.25) is 0 Å². The molecule has 1 aromatic carbocycles. The summed E-state index contributed by atoms with van der Waals surface area (Å²) in [5, 5.41) is 0. The number of rotatable bonds is 2. The normalized spacial score (nSPS) is 12.6. The van der Waals surface area contributed by atoms with E-state index in [2.05, 4.69) is 0 Å². The van der Waals surface area contributed by atoms with Crippen molar-refractivity contribution in [3.63, 3.8) is 0 Å². The molecule has 0 N–H and O–H groups in total. The summed E-state index contributed by atoms with van der Waals surface area (Å²) >= 11 is 0. The molecule has 90 valence electrons. The van der Waals surface area contributed by atoms with Crippen LogP contribution in [-0.2, 0) is 5.41 Å². The minimum atomic E-state index is -2.39. The Kier molecular flexibility index (Phi) is 3.72. The maximum Gasteiger partial charge on any atom is 0.263 e. The largest absolute Gasteiger partial charge is 0.263 e. The quantitative estimate of drug-likeness (QED) is 0.662. The van der Waals surface area contributed by atoms with Gasteiger partial charge in [0.1, 0.15) is 0 Å². The van der Waals surface area contributed by atoms with E-state index in [0.29, 0.717) is 0 Å². The molecule has 0 saturated heterocycles. The molecule has 0 nitrogen and oxygen atoms in total. The summed E-state index contributed by atoms with van der Waals surface area (Å²) in [6.07, 6.45) is -2.39. The SMILES string of the molecule is CC(C)c1cc(C(F)F)cc(C(C)(C)C)c1. The molecule has 0 bridgehead atoms. The molecule has 0 unspecified atom stereocenters. The van der Waals surface area contributed by atoms with Gasteiger partial charge in [-0.3, -0.25) is 0 Å². The lowest BCUT2D eigenvalue weighted by Crippen LogP contribution is -2.12. The van der Waals surface area contributed by atoms with Crippen molar-refractivity contribution in [3.05, 3.63) is 34.9 Å². The molecular weight excluding hydrogens is 206 g/mol. The van der Waals surface area contributed by atoms with Crippen molar-refractivity contribution >= 4 is 0 Å². The van der Waals surface area contributed by atoms with Gasteiger partial charge in [0.15, 0.2) is 0 Å². The maximum absolute atomic E-state index is 12.8. The molecule has 1 aromatic rings. The van der Waals surface area contributed by atoms with Gasteiger partial charge < -0.3 is 0 Å². The Morgan fingerprint density at radius 2 is 1.44 bits per heavy atom. The summed E-state index contributed by atoms with van der Waals surface area (Å²) in [6.45, 7) is 10.2. The highest BCUT2D eigenvalue weighted by Crippen LogP contribution is 2.31. The Morgan fingerprint density at radius 1 is 0.938 bits per heavy atom. The van der Waals surface area contributed by atoms with Crippen LogP contribution >= 0.6 is 0 Å². The summed E-state index contributed by atoms with van der Waals surface area (Å²) < 4.78 is 25.6. The first kappa shape index (κ1) is 13.1. The van der Waals surface area contributed by atoms with E-state index < -0.39 is 6.43 Å². The zero-order valence-corrected chi connectivity index (χ0v) is 10.6. The first-order valence-corrected chi connectivity index (χ1v) is 5.65. The van der Waals surface area contributed by atoms with Crippen molar-refractivity contribution in [1.29, 1.82) is 0 Å². The fourth-order valence-electron chi connectivity index (χ4n) is 1.57. The molecule has 0 aliphatic heterocycles. The zero-order valence-electron chi connectivity index (χ0n) is 10.6. The fraction of sp³-hybridized carbons (Fsp3) is 0.571. The minimum absolute atomic E-state index is 0.0887. The van der Waals surface area contributed by atoms with Crippen LogP contribution in [0.3, 0.4) is 0 Å². The molecule has 16 heavy (non-hydrogen) atoms. The Hall–Kier alpha value is -0.920. The lowest BCUT2D eigenvalue weighted by molar-refractivity contribution is 0.151. The molecule has 0 radical (unpaired) electrons. The molecule has 0 aliphatic rings. The van der Waals surface area contributed by atoms with Crippen LogP contribution in [0.25, 0.3) is 0 Å². The fourth-order valence-corrected chi connectivity index (χ4v) is 1.57. The smallest absolute Gasteiger partial charge is 0.205 e. The standard InChI is InChI=1S/C14H20F2/c1-9(2)10-6-11(13(15)16)8-12(7-10)14(3,4)5/h6-9,13H,1-5H3. The van der Waals surface area contributed by atoms with Crippen molar-refractivity contribution in [2.24, 2.45) is 0 Å². The average Bonchev–Trinajstić information content (AvgIpc) is 2.15. The van der Waals surface area contributed by atoms with E-state index in [1.54, 1.807) is 12.1 Å². The van der Waals surface area contributed by atoms with Gasteiger partial charge in [-0.2, -0.15) is 0 Å². The number of benzene rings is 1.